The van der Waals surface area contributed by atoms with Crippen LogP contribution in [0.3, 0.4) is 0 Å². The molecule has 1 aromatic heterocycles. The number of esters is 1. The molecule has 0 spiro atoms. The van der Waals surface area contributed by atoms with E-state index in [9.17, 15) is 9.59 Å². The Morgan fingerprint density at radius 3 is 2.31 bits per heavy atom. The van der Waals surface area contributed by atoms with Gasteiger partial charge in [0.15, 0.2) is 17.3 Å². The molecule has 4 aromatic rings. The predicted molar refractivity (Wildman–Crippen MR) is 132 cm³/mol. The lowest BCUT2D eigenvalue weighted by Gasteiger charge is -2.17. The number of para-hydroxylation sites is 2. The Bertz CT molecular complexity index is 1400. The van der Waals surface area contributed by atoms with Gasteiger partial charge in [0.25, 0.3) is 5.56 Å². The highest BCUT2D eigenvalue weighted by Gasteiger charge is 2.18. The topological polar surface area (TPSA) is 88.9 Å². The van der Waals surface area contributed by atoms with Crippen molar-refractivity contribution in [3.8, 4) is 28.7 Å². The fraction of sp³-hybridized carbons (Fsp3) is 0.222. The summed E-state index contributed by atoms with van der Waals surface area (Å²) < 4.78 is 23.9. The highest BCUT2D eigenvalue weighted by atomic mass is 16.6. The maximum absolute atomic E-state index is 13.5. The Labute approximate surface area is 202 Å². The molecule has 0 bridgehead atoms. The molecule has 180 valence electrons. The number of benzene rings is 3. The van der Waals surface area contributed by atoms with Crippen LogP contribution in [0.2, 0.25) is 0 Å². The lowest BCUT2D eigenvalue weighted by atomic mass is 10.2. The average Bonchev–Trinajstić information content (AvgIpc) is 2.89. The van der Waals surface area contributed by atoms with Crippen LogP contribution < -0.4 is 24.5 Å². The Balaban J connectivity index is 1.77. The molecule has 0 saturated carbocycles. The molecular formula is C27H26N2O6. The van der Waals surface area contributed by atoms with E-state index in [1.165, 1.54) is 4.57 Å². The first kappa shape index (κ1) is 23.8. The van der Waals surface area contributed by atoms with E-state index in [2.05, 4.69) is 0 Å². The molecule has 0 aliphatic rings. The van der Waals surface area contributed by atoms with Gasteiger partial charge in [-0.05, 0) is 55.5 Å². The van der Waals surface area contributed by atoms with Crippen LogP contribution in [0.25, 0.3) is 16.6 Å². The van der Waals surface area contributed by atoms with Crippen molar-refractivity contribution in [2.45, 2.75) is 26.9 Å². The van der Waals surface area contributed by atoms with E-state index in [1.807, 2.05) is 13.0 Å². The van der Waals surface area contributed by atoms with Crippen molar-refractivity contribution in [2.24, 2.45) is 0 Å². The van der Waals surface area contributed by atoms with Crippen LogP contribution in [0, 0.1) is 0 Å². The summed E-state index contributed by atoms with van der Waals surface area (Å²) in [6, 6.07) is 19.4. The summed E-state index contributed by atoms with van der Waals surface area (Å²) in [6.45, 7) is 3.88. The van der Waals surface area contributed by atoms with Gasteiger partial charge in [-0.3, -0.25) is 14.2 Å². The van der Waals surface area contributed by atoms with Gasteiger partial charge in [-0.25, -0.2) is 4.98 Å². The molecule has 0 aliphatic carbocycles. The monoisotopic (exact) mass is 474 g/mol. The van der Waals surface area contributed by atoms with Gasteiger partial charge >= 0.3 is 5.97 Å². The lowest BCUT2D eigenvalue weighted by molar-refractivity contribution is -0.134. The van der Waals surface area contributed by atoms with E-state index in [1.54, 1.807) is 74.7 Å². The largest absolute Gasteiger partial charge is 0.497 e. The summed E-state index contributed by atoms with van der Waals surface area (Å²) in [5.74, 6) is 1.53. The number of nitrogens with zero attached hydrogens (tertiary/aromatic N) is 2. The van der Waals surface area contributed by atoms with Crippen molar-refractivity contribution in [3.05, 3.63) is 82.9 Å². The highest BCUT2D eigenvalue weighted by Crippen LogP contribution is 2.38. The maximum atomic E-state index is 13.5. The van der Waals surface area contributed by atoms with Crippen molar-refractivity contribution >= 4 is 16.9 Å². The van der Waals surface area contributed by atoms with E-state index in [-0.39, 0.29) is 24.3 Å². The number of methoxy groups -OCH3 is 1. The van der Waals surface area contributed by atoms with Crippen molar-refractivity contribution in [1.29, 1.82) is 0 Å². The molecule has 0 unspecified atom stereocenters. The third kappa shape index (κ3) is 5.11. The van der Waals surface area contributed by atoms with Gasteiger partial charge in [0.2, 0.25) is 5.75 Å². The normalized spacial score (nSPS) is 10.7. The molecule has 0 N–H and O–H groups in total. The number of carbonyl (C=O) groups is 1. The van der Waals surface area contributed by atoms with Crippen LogP contribution in [0.1, 0.15) is 26.1 Å². The fourth-order valence-electron chi connectivity index (χ4n) is 3.58. The molecule has 0 aliphatic heterocycles. The van der Waals surface area contributed by atoms with Crippen molar-refractivity contribution in [3.63, 3.8) is 0 Å². The average molecular weight is 475 g/mol. The highest BCUT2D eigenvalue weighted by molar-refractivity contribution is 5.78. The van der Waals surface area contributed by atoms with Crippen LogP contribution in [-0.2, 0) is 11.4 Å². The molecule has 3 aromatic carbocycles. The molecule has 1 heterocycles. The number of rotatable bonds is 9. The molecule has 35 heavy (non-hydrogen) atoms. The quantitative estimate of drug-likeness (QED) is 0.257. The predicted octanol–water partition coefficient (Wildman–Crippen LogP) is 4.69. The number of aromatic nitrogens is 2. The number of ether oxygens (including phenoxy) is 4. The summed E-state index contributed by atoms with van der Waals surface area (Å²) in [6.07, 6.45) is 0.198. The SMILES string of the molecule is CCOc1cccc(OCc2nc3ccccc3c(=O)n2-c2ccc(OC)cc2)c1OC(=O)CC. The Hall–Kier alpha value is -4.33. The third-order valence-corrected chi connectivity index (χ3v) is 5.28. The van der Waals surface area contributed by atoms with Crippen molar-refractivity contribution in [1.82, 2.24) is 9.55 Å². The van der Waals surface area contributed by atoms with E-state index in [4.69, 9.17) is 23.9 Å². The van der Waals surface area contributed by atoms with Gasteiger partial charge < -0.3 is 18.9 Å². The van der Waals surface area contributed by atoms with Crippen molar-refractivity contribution in [2.75, 3.05) is 13.7 Å². The molecule has 0 fully saturated rings. The van der Waals surface area contributed by atoms with Gasteiger partial charge in [0, 0.05) is 6.42 Å². The summed E-state index contributed by atoms with van der Waals surface area (Å²) in [5.41, 5.74) is 0.954. The molecule has 8 nitrogen and oxygen atoms in total. The number of hydrogen-bond acceptors (Lipinski definition) is 7. The number of fused-ring (bicyclic) bond motifs is 1. The zero-order valence-electron chi connectivity index (χ0n) is 19.8. The number of carbonyl (C=O) groups excluding carboxylic acids is 1. The minimum atomic E-state index is -0.416. The van der Waals surface area contributed by atoms with Crippen LogP contribution in [0.15, 0.2) is 71.5 Å². The first-order valence-electron chi connectivity index (χ1n) is 11.3. The van der Waals surface area contributed by atoms with E-state index >= 15 is 0 Å². The molecule has 0 atom stereocenters. The van der Waals surface area contributed by atoms with Crippen LogP contribution in [0.4, 0.5) is 0 Å². The van der Waals surface area contributed by atoms with Crippen LogP contribution >= 0.6 is 0 Å². The van der Waals surface area contributed by atoms with Gasteiger partial charge in [-0.1, -0.05) is 25.1 Å². The Kier molecular flexibility index (Phi) is 7.30. The minimum Gasteiger partial charge on any atom is -0.497 e. The van der Waals surface area contributed by atoms with E-state index < -0.39 is 5.97 Å². The van der Waals surface area contributed by atoms with Gasteiger partial charge in [-0.2, -0.15) is 0 Å². The molecule has 0 amide bonds. The standard InChI is InChI=1S/C27H26N2O6/c1-4-25(30)35-26-22(33-5-2)11-8-12-23(26)34-17-24-28-21-10-7-6-9-20(21)27(31)29(24)18-13-15-19(32-3)16-14-18/h6-16H,4-5,17H2,1-3H3. The number of hydrogen-bond donors (Lipinski definition) is 0. The second-order valence-electron chi connectivity index (χ2n) is 7.52. The smallest absolute Gasteiger partial charge is 0.311 e. The summed E-state index contributed by atoms with van der Waals surface area (Å²) >= 11 is 0. The first-order chi connectivity index (χ1) is 17.0. The zero-order chi connectivity index (χ0) is 24.8. The summed E-state index contributed by atoms with van der Waals surface area (Å²) in [5, 5.41) is 0.489. The van der Waals surface area contributed by atoms with Crippen LogP contribution in [0.5, 0.6) is 23.0 Å². The molecule has 4 rings (SSSR count). The summed E-state index contributed by atoms with van der Waals surface area (Å²) in [7, 11) is 1.58. The second-order valence-corrected chi connectivity index (χ2v) is 7.52. The fourth-order valence-corrected chi connectivity index (χ4v) is 3.58. The molecular weight excluding hydrogens is 448 g/mol. The van der Waals surface area contributed by atoms with Gasteiger partial charge in [0.05, 0.1) is 30.3 Å². The Morgan fingerprint density at radius 1 is 0.914 bits per heavy atom. The minimum absolute atomic E-state index is 0.0572. The molecule has 8 heteroatoms. The molecule has 0 radical (unpaired) electrons. The van der Waals surface area contributed by atoms with Crippen molar-refractivity contribution < 1.29 is 23.7 Å². The molecule has 0 saturated heterocycles. The Morgan fingerprint density at radius 2 is 1.63 bits per heavy atom. The first-order valence-corrected chi connectivity index (χ1v) is 11.3. The van der Waals surface area contributed by atoms with E-state index in [0.29, 0.717) is 46.3 Å². The summed E-state index contributed by atoms with van der Waals surface area (Å²) in [4.78, 5) is 30.2. The maximum Gasteiger partial charge on any atom is 0.311 e. The zero-order valence-corrected chi connectivity index (χ0v) is 19.8. The van der Waals surface area contributed by atoms with Gasteiger partial charge in [0.1, 0.15) is 12.4 Å². The second kappa shape index (κ2) is 10.7. The van der Waals surface area contributed by atoms with Gasteiger partial charge in [-0.15, -0.1) is 0 Å². The third-order valence-electron chi connectivity index (χ3n) is 5.28. The lowest BCUT2D eigenvalue weighted by Crippen LogP contribution is -2.25. The van der Waals surface area contributed by atoms with Crippen LogP contribution in [-0.4, -0.2) is 29.2 Å². The van der Waals surface area contributed by atoms with E-state index in [0.717, 1.165) is 0 Å².